The third-order valence-corrected chi connectivity index (χ3v) is 7.81. The SMILES string of the molecule is Cc1nn(C)c(C)c1S(=O)(=O)N(CC(=O)NCc1ccc(Cl)cc1)c1ccc(C(C)C)cc1. The quantitative estimate of drug-likeness (QED) is 0.511. The minimum absolute atomic E-state index is 0.114. The Morgan fingerprint density at radius 3 is 2.21 bits per heavy atom. The fourth-order valence-corrected chi connectivity index (χ4v) is 5.52. The van der Waals surface area contributed by atoms with Crippen molar-refractivity contribution >= 4 is 33.2 Å². The standard InChI is InChI=1S/C24H29ClN4O3S/c1-16(2)20-8-12-22(13-9-20)29(33(31,32)24-17(3)27-28(5)18(24)4)15-23(30)26-14-19-6-10-21(25)11-7-19/h6-13,16H,14-15H2,1-5H3,(H,26,30). The molecule has 0 saturated carbocycles. The van der Waals surface area contributed by atoms with Crippen molar-refractivity contribution in [1.82, 2.24) is 15.1 Å². The number of benzene rings is 2. The number of hydrogen-bond acceptors (Lipinski definition) is 4. The van der Waals surface area contributed by atoms with E-state index >= 15 is 0 Å². The Labute approximate surface area is 200 Å². The molecule has 0 aliphatic carbocycles. The monoisotopic (exact) mass is 488 g/mol. The van der Waals surface area contributed by atoms with Gasteiger partial charge in [-0.05, 0) is 55.2 Å². The second kappa shape index (κ2) is 9.97. The zero-order valence-electron chi connectivity index (χ0n) is 19.5. The molecule has 1 aromatic heterocycles. The molecule has 0 radical (unpaired) electrons. The zero-order valence-corrected chi connectivity index (χ0v) is 21.0. The van der Waals surface area contributed by atoms with Gasteiger partial charge in [-0.25, -0.2) is 8.42 Å². The molecule has 176 valence electrons. The number of nitrogens with zero attached hydrogens (tertiary/aromatic N) is 3. The summed E-state index contributed by atoms with van der Waals surface area (Å²) in [5.74, 6) is -0.116. The lowest BCUT2D eigenvalue weighted by molar-refractivity contribution is -0.119. The fraction of sp³-hybridized carbons (Fsp3) is 0.333. The molecule has 0 unspecified atom stereocenters. The average molecular weight is 489 g/mol. The summed E-state index contributed by atoms with van der Waals surface area (Å²) in [6, 6.07) is 14.3. The molecule has 1 N–H and O–H groups in total. The summed E-state index contributed by atoms with van der Waals surface area (Å²) in [5.41, 5.74) is 3.27. The molecule has 0 aliphatic heterocycles. The van der Waals surface area contributed by atoms with Gasteiger partial charge < -0.3 is 5.32 Å². The molecule has 0 atom stereocenters. The molecule has 0 saturated heterocycles. The summed E-state index contributed by atoms with van der Waals surface area (Å²) < 4.78 is 30.1. The number of anilines is 1. The summed E-state index contributed by atoms with van der Waals surface area (Å²) in [4.78, 5) is 12.9. The number of halogens is 1. The number of sulfonamides is 1. The fourth-order valence-electron chi connectivity index (χ4n) is 3.57. The Hall–Kier alpha value is -2.84. The lowest BCUT2D eigenvalue weighted by Gasteiger charge is -2.24. The number of amides is 1. The second-order valence-corrected chi connectivity index (χ2v) is 10.5. The van der Waals surface area contributed by atoms with Crippen molar-refractivity contribution < 1.29 is 13.2 Å². The van der Waals surface area contributed by atoms with Crippen LogP contribution in [0.4, 0.5) is 5.69 Å². The largest absolute Gasteiger partial charge is 0.350 e. The highest BCUT2D eigenvalue weighted by atomic mass is 35.5. The molecule has 0 bridgehead atoms. The highest BCUT2D eigenvalue weighted by Crippen LogP contribution is 2.29. The first-order valence-electron chi connectivity index (χ1n) is 10.6. The van der Waals surface area contributed by atoms with Crippen LogP contribution in [0.25, 0.3) is 0 Å². The number of carbonyl (C=O) groups is 1. The maximum absolute atomic E-state index is 13.7. The van der Waals surface area contributed by atoms with Crippen molar-refractivity contribution in [3.05, 3.63) is 76.1 Å². The van der Waals surface area contributed by atoms with Gasteiger partial charge in [0.2, 0.25) is 5.91 Å². The van der Waals surface area contributed by atoms with Crippen molar-refractivity contribution in [3.63, 3.8) is 0 Å². The van der Waals surface area contributed by atoms with Gasteiger partial charge in [0.1, 0.15) is 11.4 Å². The predicted octanol–water partition coefficient (Wildman–Crippen LogP) is 4.33. The van der Waals surface area contributed by atoms with Gasteiger partial charge in [0.25, 0.3) is 10.0 Å². The summed E-state index contributed by atoms with van der Waals surface area (Å²) >= 11 is 5.91. The van der Waals surface area contributed by atoms with E-state index < -0.39 is 15.9 Å². The van der Waals surface area contributed by atoms with Gasteiger partial charge in [-0.1, -0.05) is 49.7 Å². The van der Waals surface area contributed by atoms with E-state index in [1.165, 1.54) is 4.68 Å². The molecule has 0 fully saturated rings. The lowest BCUT2D eigenvalue weighted by Crippen LogP contribution is -2.41. The molecule has 33 heavy (non-hydrogen) atoms. The van der Waals surface area contributed by atoms with Crippen LogP contribution in [-0.2, 0) is 28.4 Å². The van der Waals surface area contributed by atoms with E-state index in [-0.39, 0.29) is 18.0 Å². The van der Waals surface area contributed by atoms with Crippen LogP contribution in [0.1, 0.15) is 42.3 Å². The zero-order chi connectivity index (χ0) is 24.3. The third kappa shape index (κ3) is 5.57. The van der Waals surface area contributed by atoms with Crippen molar-refractivity contribution in [2.45, 2.75) is 45.1 Å². The molecular formula is C24H29ClN4O3S. The van der Waals surface area contributed by atoms with E-state index in [1.54, 1.807) is 45.2 Å². The first-order valence-corrected chi connectivity index (χ1v) is 12.5. The van der Waals surface area contributed by atoms with Crippen LogP contribution in [-0.4, -0.2) is 30.7 Å². The van der Waals surface area contributed by atoms with E-state index in [2.05, 4.69) is 24.3 Å². The van der Waals surface area contributed by atoms with Crippen LogP contribution in [0.2, 0.25) is 5.02 Å². The van der Waals surface area contributed by atoms with Gasteiger partial charge in [0.15, 0.2) is 0 Å². The summed E-state index contributed by atoms with van der Waals surface area (Å²) in [5, 5.41) is 7.66. The van der Waals surface area contributed by atoms with Gasteiger partial charge >= 0.3 is 0 Å². The molecular weight excluding hydrogens is 460 g/mol. The van der Waals surface area contributed by atoms with Crippen LogP contribution in [0, 0.1) is 13.8 Å². The number of aromatic nitrogens is 2. The van der Waals surface area contributed by atoms with Crippen molar-refractivity contribution in [3.8, 4) is 0 Å². The Kier molecular flexibility index (Phi) is 7.49. The number of carbonyl (C=O) groups excluding carboxylic acids is 1. The predicted molar refractivity (Wildman–Crippen MR) is 131 cm³/mol. The highest BCUT2D eigenvalue weighted by Gasteiger charge is 2.32. The van der Waals surface area contributed by atoms with Crippen molar-refractivity contribution in [1.29, 1.82) is 0 Å². The molecule has 0 aliphatic rings. The molecule has 2 aromatic carbocycles. The summed E-state index contributed by atoms with van der Waals surface area (Å²) in [6.45, 7) is 7.39. The Morgan fingerprint density at radius 2 is 1.70 bits per heavy atom. The Bertz CT molecular complexity index is 1230. The molecule has 1 amide bonds. The van der Waals surface area contributed by atoms with E-state index in [4.69, 9.17) is 11.6 Å². The van der Waals surface area contributed by atoms with Crippen molar-refractivity contribution in [2.24, 2.45) is 7.05 Å². The van der Waals surface area contributed by atoms with Gasteiger partial charge in [0.05, 0.1) is 17.1 Å². The average Bonchev–Trinajstić information content (AvgIpc) is 3.03. The topological polar surface area (TPSA) is 84.3 Å². The van der Waals surface area contributed by atoms with Gasteiger partial charge in [-0.2, -0.15) is 5.10 Å². The normalized spacial score (nSPS) is 11.6. The molecule has 3 rings (SSSR count). The smallest absolute Gasteiger partial charge is 0.268 e. The molecule has 7 nitrogen and oxygen atoms in total. The maximum atomic E-state index is 13.7. The van der Waals surface area contributed by atoms with E-state index in [0.717, 1.165) is 15.4 Å². The van der Waals surface area contributed by atoms with E-state index in [9.17, 15) is 13.2 Å². The Morgan fingerprint density at radius 1 is 1.09 bits per heavy atom. The molecule has 0 spiro atoms. The minimum Gasteiger partial charge on any atom is -0.350 e. The first kappa shape index (κ1) is 24.8. The lowest BCUT2D eigenvalue weighted by atomic mass is 10.0. The van der Waals surface area contributed by atoms with Gasteiger partial charge in [-0.15, -0.1) is 0 Å². The molecule has 9 heteroatoms. The third-order valence-electron chi connectivity index (χ3n) is 5.53. The van der Waals surface area contributed by atoms with Crippen LogP contribution in [0.3, 0.4) is 0 Å². The Balaban J connectivity index is 1.92. The summed E-state index contributed by atoms with van der Waals surface area (Å²) in [7, 11) is -2.34. The minimum atomic E-state index is -4.04. The van der Waals surface area contributed by atoms with Gasteiger partial charge in [0, 0.05) is 18.6 Å². The number of aryl methyl sites for hydroxylation is 2. The molecule has 1 heterocycles. The van der Waals surface area contributed by atoms with E-state index in [1.807, 2.05) is 24.3 Å². The maximum Gasteiger partial charge on any atom is 0.268 e. The van der Waals surface area contributed by atoms with Crippen LogP contribution >= 0.6 is 11.6 Å². The summed E-state index contributed by atoms with van der Waals surface area (Å²) in [6.07, 6.45) is 0. The number of rotatable bonds is 8. The number of hydrogen-bond donors (Lipinski definition) is 1. The van der Waals surface area contributed by atoms with Crippen LogP contribution < -0.4 is 9.62 Å². The highest BCUT2D eigenvalue weighted by molar-refractivity contribution is 7.93. The van der Waals surface area contributed by atoms with Crippen molar-refractivity contribution in [2.75, 3.05) is 10.8 Å². The molecule has 3 aromatic rings. The van der Waals surface area contributed by atoms with Crippen LogP contribution in [0.15, 0.2) is 53.4 Å². The van der Waals surface area contributed by atoms with Crippen LogP contribution in [0.5, 0.6) is 0 Å². The second-order valence-electron chi connectivity index (χ2n) is 8.28. The van der Waals surface area contributed by atoms with E-state index in [0.29, 0.717) is 28.0 Å². The number of nitrogens with one attached hydrogen (secondary N) is 1. The first-order chi connectivity index (χ1) is 15.5. The van der Waals surface area contributed by atoms with Gasteiger partial charge in [-0.3, -0.25) is 13.8 Å².